The van der Waals surface area contributed by atoms with E-state index in [1.807, 2.05) is 0 Å². The predicted molar refractivity (Wildman–Crippen MR) is 115 cm³/mol. The molecule has 8 nitrogen and oxygen atoms in total. The fraction of sp³-hybridized carbons (Fsp3) is 0.826. The van der Waals surface area contributed by atoms with Crippen molar-refractivity contribution in [2.75, 3.05) is 13.1 Å². The van der Waals surface area contributed by atoms with E-state index in [1.165, 1.54) is 19.3 Å². The number of hydrogen-bond donors (Lipinski definition) is 3. The third-order valence-corrected chi connectivity index (χ3v) is 8.02. The van der Waals surface area contributed by atoms with Crippen molar-refractivity contribution >= 4 is 23.8 Å². The Balaban J connectivity index is 1.26. The second-order valence-corrected chi connectivity index (χ2v) is 9.92. The minimum absolute atomic E-state index is 0.0432. The first-order chi connectivity index (χ1) is 15.0. The molecule has 0 aromatic rings. The Morgan fingerprint density at radius 1 is 1.10 bits per heavy atom. The lowest BCUT2D eigenvalue weighted by molar-refractivity contribution is -0.144. The van der Waals surface area contributed by atoms with Gasteiger partial charge in [0.1, 0.15) is 6.04 Å². The fourth-order valence-corrected chi connectivity index (χ4v) is 6.19. The molecule has 4 rings (SSSR count). The van der Waals surface area contributed by atoms with Crippen molar-refractivity contribution in [3.05, 3.63) is 0 Å². The lowest BCUT2D eigenvalue weighted by Gasteiger charge is -2.32. The molecule has 0 spiro atoms. The van der Waals surface area contributed by atoms with Crippen LogP contribution in [-0.2, 0) is 14.4 Å². The average molecular weight is 433 g/mol. The number of hydrogen-bond acceptors (Lipinski definition) is 4. The molecule has 2 aliphatic carbocycles. The van der Waals surface area contributed by atoms with Gasteiger partial charge in [-0.25, -0.2) is 4.79 Å². The Hall–Kier alpha value is -2.12. The number of imide groups is 1. The van der Waals surface area contributed by atoms with E-state index in [9.17, 15) is 19.2 Å². The molecule has 6 unspecified atom stereocenters. The van der Waals surface area contributed by atoms with Gasteiger partial charge in [0, 0.05) is 31.5 Å². The maximum Gasteiger partial charge on any atom is 0.315 e. The van der Waals surface area contributed by atoms with Gasteiger partial charge in [0.15, 0.2) is 0 Å². The lowest BCUT2D eigenvalue weighted by atomic mass is 9.75. The highest BCUT2D eigenvalue weighted by atomic mass is 16.2. The molecule has 0 bridgehead atoms. The van der Waals surface area contributed by atoms with Crippen LogP contribution in [0.3, 0.4) is 0 Å². The molecule has 0 aromatic carbocycles. The third-order valence-electron chi connectivity index (χ3n) is 8.02. The Bertz CT molecular complexity index is 726. The van der Waals surface area contributed by atoms with Gasteiger partial charge in [0.05, 0.1) is 0 Å². The minimum atomic E-state index is -0.514. The van der Waals surface area contributed by atoms with Crippen LogP contribution >= 0.6 is 0 Å². The summed E-state index contributed by atoms with van der Waals surface area (Å²) in [4.78, 5) is 50.8. The van der Waals surface area contributed by atoms with E-state index in [0.29, 0.717) is 25.4 Å². The van der Waals surface area contributed by atoms with Gasteiger partial charge in [-0.2, -0.15) is 0 Å². The average Bonchev–Trinajstić information content (AvgIpc) is 3.08. The van der Waals surface area contributed by atoms with Crippen molar-refractivity contribution in [2.45, 2.75) is 83.2 Å². The molecule has 3 N–H and O–H groups in total. The zero-order chi connectivity index (χ0) is 22.0. The highest BCUT2D eigenvalue weighted by Gasteiger charge is 2.48. The first-order valence-electron chi connectivity index (χ1n) is 12.1. The van der Waals surface area contributed by atoms with E-state index in [0.717, 1.165) is 32.1 Å². The lowest BCUT2D eigenvalue weighted by Crippen LogP contribution is -2.53. The van der Waals surface area contributed by atoms with E-state index < -0.39 is 6.04 Å². The molecule has 2 aliphatic heterocycles. The first-order valence-corrected chi connectivity index (χ1v) is 12.1. The summed E-state index contributed by atoms with van der Waals surface area (Å²) in [5.74, 6) is 0.504. The zero-order valence-electron chi connectivity index (χ0n) is 18.5. The molecule has 172 valence electrons. The summed E-state index contributed by atoms with van der Waals surface area (Å²) in [6, 6.07) is -0.330. The second kappa shape index (κ2) is 9.57. The van der Waals surface area contributed by atoms with Crippen LogP contribution in [0.4, 0.5) is 4.79 Å². The molecule has 5 amide bonds. The summed E-state index contributed by atoms with van der Waals surface area (Å²) < 4.78 is 0. The topological polar surface area (TPSA) is 108 Å². The normalized spacial score (nSPS) is 36.0. The van der Waals surface area contributed by atoms with E-state index in [4.69, 9.17) is 0 Å². The van der Waals surface area contributed by atoms with Crippen LogP contribution in [0.2, 0.25) is 0 Å². The van der Waals surface area contributed by atoms with Crippen molar-refractivity contribution in [1.29, 1.82) is 0 Å². The first kappa shape index (κ1) is 22.1. The van der Waals surface area contributed by atoms with Crippen LogP contribution in [0.5, 0.6) is 0 Å². The Kier molecular flexibility index (Phi) is 6.82. The van der Waals surface area contributed by atoms with Crippen molar-refractivity contribution in [1.82, 2.24) is 20.9 Å². The molecule has 2 heterocycles. The maximum atomic E-state index is 13.0. The summed E-state index contributed by atoms with van der Waals surface area (Å²) in [7, 11) is 0. The Morgan fingerprint density at radius 3 is 2.68 bits per heavy atom. The largest absolute Gasteiger partial charge is 0.338 e. The SMILES string of the molecule is CCC1CCCCC1NC(=O)NCC1CCC2CN(C3CCC(=O)NC3=O)C(=O)C2C1. The van der Waals surface area contributed by atoms with Gasteiger partial charge in [-0.3, -0.25) is 19.7 Å². The number of nitrogens with zero attached hydrogens (tertiary/aromatic N) is 1. The molecule has 4 fully saturated rings. The van der Waals surface area contributed by atoms with Crippen LogP contribution in [-0.4, -0.2) is 53.8 Å². The predicted octanol–water partition coefficient (Wildman–Crippen LogP) is 1.93. The molecule has 8 heteroatoms. The number of piperidine rings is 1. The van der Waals surface area contributed by atoms with Crippen LogP contribution < -0.4 is 16.0 Å². The molecular weight excluding hydrogens is 396 g/mol. The van der Waals surface area contributed by atoms with Crippen LogP contribution in [0.15, 0.2) is 0 Å². The van der Waals surface area contributed by atoms with Gasteiger partial charge in [0.2, 0.25) is 17.7 Å². The van der Waals surface area contributed by atoms with Crippen molar-refractivity contribution in [3.63, 3.8) is 0 Å². The summed E-state index contributed by atoms with van der Waals surface area (Å²) in [6.45, 7) is 3.39. The fourth-order valence-electron chi connectivity index (χ4n) is 6.19. The quantitative estimate of drug-likeness (QED) is 0.577. The summed E-state index contributed by atoms with van der Waals surface area (Å²) in [5, 5.41) is 8.59. The minimum Gasteiger partial charge on any atom is -0.338 e. The van der Waals surface area contributed by atoms with Crippen LogP contribution in [0.25, 0.3) is 0 Å². The molecule has 0 radical (unpaired) electrons. The summed E-state index contributed by atoms with van der Waals surface area (Å²) >= 11 is 0. The molecule has 31 heavy (non-hydrogen) atoms. The van der Waals surface area contributed by atoms with Crippen molar-refractivity contribution < 1.29 is 19.2 Å². The number of carbonyl (C=O) groups is 4. The van der Waals surface area contributed by atoms with E-state index in [1.54, 1.807) is 4.90 Å². The number of fused-ring (bicyclic) bond motifs is 1. The molecular formula is C23H36N4O4. The van der Waals surface area contributed by atoms with Crippen LogP contribution in [0, 0.1) is 23.7 Å². The van der Waals surface area contributed by atoms with E-state index >= 15 is 0 Å². The van der Waals surface area contributed by atoms with E-state index in [2.05, 4.69) is 22.9 Å². The number of rotatable bonds is 5. The van der Waals surface area contributed by atoms with Crippen LogP contribution in [0.1, 0.15) is 71.1 Å². The Morgan fingerprint density at radius 2 is 1.90 bits per heavy atom. The van der Waals surface area contributed by atoms with Gasteiger partial charge in [0.25, 0.3) is 0 Å². The standard InChI is InChI=1S/C23H36N4O4/c1-2-15-5-3-4-6-18(15)25-23(31)24-12-14-7-8-16-13-27(22(30)17(16)11-14)19-9-10-20(28)26-21(19)29/h14-19H,2-13H2,1H3,(H2,24,25,31)(H,26,28,29). The monoisotopic (exact) mass is 432 g/mol. The van der Waals surface area contributed by atoms with Gasteiger partial charge in [-0.05, 0) is 56.3 Å². The highest BCUT2D eigenvalue weighted by Crippen LogP contribution is 2.41. The molecule has 0 aromatic heterocycles. The number of amides is 5. The number of carbonyl (C=O) groups excluding carboxylic acids is 4. The second-order valence-electron chi connectivity index (χ2n) is 9.92. The van der Waals surface area contributed by atoms with Crippen molar-refractivity contribution in [3.8, 4) is 0 Å². The van der Waals surface area contributed by atoms with E-state index in [-0.39, 0.29) is 54.0 Å². The molecule has 4 aliphatic rings. The van der Waals surface area contributed by atoms with Crippen molar-refractivity contribution in [2.24, 2.45) is 23.7 Å². The number of nitrogens with one attached hydrogen (secondary N) is 3. The van der Waals surface area contributed by atoms with Gasteiger partial charge in [-0.1, -0.05) is 26.2 Å². The highest BCUT2D eigenvalue weighted by molar-refractivity contribution is 6.02. The molecule has 2 saturated heterocycles. The molecule has 2 saturated carbocycles. The zero-order valence-corrected chi connectivity index (χ0v) is 18.5. The summed E-state index contributed by atoms with van der Waals surface area (Å²) in [5.41, 5.74) is 0. The Labute approximate surface area is 184 Å². The van der Waals surface area contributed by atoms with Gasteiger partial charge >= 0.3 is 6.03 Å². The number of likely N-dealkylation sites (tertiary alicyclic amines) is 1. The smallest absolute Gasteiger partial charge is 0.315 e. The third kappa shape index (κ3) is 4.88. The van der Waals surface area contributed by atoms with Gasteiger partial charge in [-0.15, -0.1) is 0 Å². The number of urea groups is 1. The van der Waals surface area contributed by atoms with Gasteiger partial charge < -0.3 is 15.5 Å². The maximum absolute atomic E-state index is 13.0. The molecule has 6 atom stereocenters. The summed E-state index contributed by atoms with van der Waals surface area (Å²) in [6.07, 6.45) is 9.18.